The van der Waals surface area contributed by atoms with Crippen LogP contribution >= 0.6 is 23.8 Å². The van der Waals surface area contributed by atoms with Gasteiger partial charge in [0.2, 0.25) is 0 Å². The van der Waals surface area contributed by atoms with Gasteiger partial charge in [0, 0.05) is 25.8 Å². The van der Waals surface area contributed by atoms with Crippen molar-refractivity contribution >= 4 is 34.5 Å². The highest BCUT2D eigenvalue weighted by Crippen LogP contribution is 2.26. The second-order valence-corrected chi connectivity index (χ2v) is 5.07. The van der Waals surface area contributed by atoms with Crippen molar-refractivity contribution in [2.45, 2.75) is 0 Å². The van der Waals surface area contributed by atoms with E-state index in [4.69, 9.17) is 29.6 Å². The van der Waals surface area contributed by atoms with Gasteiger partial charge in [0.1, 0.15) is 4.99 Å². The Hall–Kier alpha value is -0.840. The molecule has 0 bridgehead atoms. The monoisotopic (exact) mass is 271 g/mol. The Morgan fingerprint density at radius 1 is 1.29 bits per heavy atom. The first-order valence-electron chi connectivity index (χ1n) is 5.37. The number of nitrogens with zero attached hydrogens (tertiary/aromatic N) is 2. The first-order valence-corrected chi connectivity index (χ1v) is 6.16. The van der Waals surface area contributed by atoms with E-state index in [0.717, 1.165) is 24.3 Å². The second-order valence-electron chi connectivity index (χ2n) is 4.22. The third kappa shape index (κ3) is 3.84. The molecule has 0 amide bonds. The molecule has 0 aromatic heterocycles. The maximum atomic E-state index is 6.13. The van der Waals surface area contributed by atoms with Gasteiger partial charge >= 0.3 is 0 Å². The quantitative estimate of drug-likeness (QED) is 0.830. The van der Waals surface area contributed by atoms with E-state index < -0.39 is 0 Å². The molecule has 0 radical (unpaired) electrons. The lowest BCUT2D eigenvalue weighted by molar-refractivity contribution is 0.416. The molecule has 0 saturated heterocycles. The third-order valence-corrected chi connectivity index (χ3v) is 3.05. The van der Waals surface area contributed by atoms with Crippen LogP contribution in [-0.4, -0.2) is 44.1 Å². The fourth-order valence-electron chi connectivity index (χ4n) is 1.55. The zero-order valence-corrected chi connectivity index (χ0v) is 12.0. The molecular formula is C12H18ClN3S. The lowest BCUT2D eigenvalue weighted by Gasteiger charge is -2.24. The molecule has 0 unspecified atom stereocenters. The Morgan fingerprint density at radius 3 is 2.47 bits per heavy atom. The minimum absolute atomic E-state index is 0.335. The number of anilines is 1. The Kier molecular flexibility index (Phi) is 5.18. The average molecular weight is 272 g/mol. The van der Waals surface area contributed by atoms with Crippen LogP contribution in [-0.2, 0) is 0 Å². The number of hydrogen-bond acceptors (Lipinski definition) is 3. The highest BCUT2D eigenvalue weighted by molar-refractivity contribution is 7.80. The smallest absolute Gasteiger partial charge is 0.107 e. The number of nitrogens with two attached hydrogens (primary N) is 1. The minimum atomic E-state index is 0.335. The van der Waals surface area contributed by atoms with Gasteiger partial charge in [-0.1, -0.05) is 29.9 Å². The Balaban J connectivity index is 2.96. The van der Waals surface area contributed by atoms with Gasteiger partial charge in [-0.05, 0) is 26.2 Å². The molecule has 94 valence electrons. The SMILES string of the molecule is CN(C)CCN(C)c1cccc(Cl)c1C(N)=S. The fourth-order valence-corrected chi connectivity index (χ4v) is 2.09. The van der Waals surface area contributed by atoms with Crippen molar-refractivity contribution in [3.05, 3.63) is 28.8 Å². The van der Waals surface area contributed by atoms with Crippen LogP contribution in [0.4, 0.5) is 5.69 Å². The molecule has 0 fully saturated rings. The molecule has 1 aromatic rings. The maximum absolute atomic E-state index is 6.13. The van der Waals surface area contributed by atoms with Crippen molar-refractivity contribution in [1.29, 1.82) is 0 Å². The maximum Gasteiger partial charge on any atom is 0.107 e. The van der Waals surface area contributed by atoms with E-state index in [0.29, 0.717) is 10.0 Å². The lowest BCUT2D eigenvalue weighted by atomic mass is 10.1. The number of thiocarbonyl (C=S) groups is 1. The zero-order chi connectivity index (χ0) is 13.0. The molecule has 0 saturated carbocycles. The summed E-state index contributed by atoms with van der Waals surface area (Å²) in [6.07, 6.45) is 0. The number of likely N-dealkylation sites (N-methyl/N-ethyl adjacent to an activating group) is 2. The largest absolute Gasteiger partial charge is 0.389 e. The van der Waals surface area contributed by atoms with Crippen LogP contribution in [0.3, 0.4) is 0 Å². The first kappa shape index (κ1) is 14.2. The zero-order valence-electron chi connectivity index (χ0n) is 10.4. The molecule has 0 atom stereocenters. The van der Waals surface area contributed by atoms with Crippen molar-refractivity contribution < 1.29 is 0 Å². The molecular weight excluding hydrogens is 254 g/mol. The van der Waals surface area contributed by atoms with Gasteiger partial charge in [-0.3, -0.25) is 0 Å². The van der Waals surface area contributed by atoms with E-state index in [1.807, 2.05) is 33.3 Å². The van der Waals surface area contributed by atoms with E-state index in [9.17, 15) is 0 Å². The van der Waals surface area contributed by atoms with Crippen molar-refractivity contribution in [2.75, 3.05) is 39.1 Å². The van der Waals surface area contributed by atoms with Gasteiger partial charge in [-0.25, -0.2) is 0 Å². The number of hydrogen-bond donors (Lipinski definition) is 1. The molecule has 5 heteroatoms. The normalized spacial score (nSPS) is 10.6. The minimum Gasteiger partial charge on any atom is -0.389 e. The van der Waals surface area contributed by atoms with Crippen LogP contribution in [0.25, 0.3) is 0 Å². The van der Waals surface area contributed by atoms with Gasteiger partial charge < -0.3 is 15.5 Å². The van der Waals surface area contributed by atoms with Crippen LogP contribution < -0.4 is 10.6 Å². The Bertz CT molecular complexity index is 407. The van der Waals surface area contributed by atoms with Crippen LogP contribution in [0.1, 0.15) is 5.56 Å². The molecule has 0 aliphatic rings. The van der Waals surface area contributed by atoms with Gasteiger partial charge in [0.25, 0.3) is 0 Å². The van der Waals surface area contributed by atoms with Gasteiger partial charge in [-0.15, -0.1) is 0 Å². The van der Waals surface area contributed by atoms with Crippen LogP contribution in [0.5, 0.6) is 0 Å². The van der Waals surface area contributed by atoms with Crippen LogP contribution in [0, 0.1) is 0 Å². The molecule has 3 nitrogen and oxygen atoms in total. The summed E-state index contributed by atoms with van der Waals surface area (Å²) in [6.45, 7) is 1.85. The second kappa shape index (κ2) is 6.19. The summed E-state index contributed by atoms with van der Waals surface area (Å²) in [7, 11) is 6.09. The molecule has 1 rings (SSSR count). The van der Waals surface area contributed by atoms with Crippen molar-refractivity contribution in [2.24, 2.45) is 5.73 Å². The van der Waals surface area contributed by atoms with Gasteiger partial charge in [0.15, 0.2) is 0 Å². The molecule has 0 spiro atoms. The van der Waals surface area contributed by atoms with Crippen molar-refractivity contribution in [3.63, 3.8) is 0 Å². The standard InChI is InChI=1S/C12H18ClN3S/c1-15(2)7-8-16(3)10-6-4-5-9(13)11(10)12(14)17/h4-6H,7-8H2,1-3H3,(H2,14,17). The van der Waals surface area contributed by atoms with E-state index in [1.54, 1.807) is 6.07 Å². The summed E-state index contributed by atoms with van der Waals surface area (Å²) in [5.41, 5.74) is 7.45. The number of benzene rings is 1. The van der Waals surface area contributed by atoms with Crippen molar-refractivity contribution in [1.82, 2.24) is 4.90 Å². The predicted molar refractivity (Wildman–Crippen MR) is 79.2 cm³/mol. The fraction of sp³-hybridized carbons (Fsp3) is 0.417. The molecule has 2 N–H and O–H groups in total. The van der Waals surface area contributed by atoms with E-state index in [-0.39, 0.29) is 0 Å². The Morgan fingerprint density at radius 2 is 1.94 bits per heavy atom. The van der Waals surface area contributed by atoms with Gasteiger partial charge in [-0.2, -0.15) is 0 Å². The topological polar surface area (TPSA) is 32.5 Å². The van der Waals surface area contributed by atoms with E-state index >= 15 is 0 Å². The molecule has 0 aliphatic heterocycles. The summed E-state index contributed by atoms with van der Waals surface area (Å²) >= 11 is 11.2. The summed E-state index contributed by atoms with van der Waals surface area (Å²) in [5.74, 6) is 0. The summed E-state index contributed by atoms with van der Waals surface area (Å²) in [4.78, 5) is 4.57. The van der Waals surface area contributed by atoms with E-state index in [2.05, 4.69) is 9.80 Å². The lowest BCUT2D eigenvalue weighted by Crippen LogP contribution is -2.30. The van der Waals surface area contributed by atoms with Gasteiger partial charge in [0.05, 0.1) is 10.6 Å². The highest BCUT2D eigenvalue weighted by Gasteiger charge is 2.12. The van der Waals surface area contributed by atoms with Crippen molar-refractivity contribution in [3.8, 4) is 0 Å². The molecule has 0 heterocycles. The first-order chi connectivity index (χ1) is 7.93. The number of rotatable bonds is 5. The number of halogens is 1. The van der Waals surface area contributed by atoms with Crippen LogP contribution in [0.15, 0.2) is 18.2 Å². The molecule has 17 heavy (non-hydrogen) atoms. The summed E-state index contributed by atoms with van der Waals surface area (Å²) in [6, 6.07) is 5.70. The molecule has 0 aliphatic carbocycles. The summed E-state index contributed by atoms with van der Waals surface area (Å²) in [5, 5.41) is 0.603. The third-order valence-electron chi connectivity index (χ3n) is 2.53. The predicted octanol–water partition coefficient (Wildman–Crippen LogP) is 1.97. The highest BCUT2D eigenvalue weighted by atomic mass is 35.5. The van der Waals surface area contributed by atoms with Crippen LogP contribution in [0.2, 0.25) is 5.02 Å². The van der Waals surface area contributed by atoms with E-state index in [1.165, 1.54) is 0 Å². The molecule has 1 aromatic carbocycles. The summed E-state index contributed by atoms with van der Waals surface area (Å²) < 4.78 is 0. The Labute approximate surface area is 113 Å². The average Bonchev–Trinajstić information content (AvgIpc) is 2.24.